The summed E-state index contributed by atoms with van der Waals surface area (Å²) in [6.07, 6.45) is 3.03. The van der Waals surface area contributed by atoms with Gasteiger partial charge in [-0.3, -0.25) is 0 Å². The van der Waals surface area contributed by atoms with Crippen LogP contribution < -0.4 is 10.2 Å². The summed E-state index contributed by atoms with van der Waals surface area (Å²) >= 11 is 0. The molecule has 1 aromatic rings. The zero-order valence-electron chi connectivity index (χ0n) is 13.1. The highest BCUT2D eigenvalue weighted by Gasteiger charge is 2.23. The minimum Gasteiger partial charge on any atom is -0.396 e. The van der Waals surface area contributed by atoms with E-state index in [0.29, 0.717) is 5.92 Å². The maximum absolute atomic E-state index is 9.23. The second-order valence-electron chi connectivity index (χ2n) is 6.87. The lowest BCUT2D eigenvalue weighted by Crippen LogP contribution is -2.35. The molecule has 1 aliphatic rings. The number of hydrogen-bond acceptors (Lipinski definition) is 4. The quantitative estimate of drug-likeness (QED) is 0.885. The normalized spacial score (nSPS) is 19.6. The van der Waals surface area contributed by atoms with Crippen molar-refractivity contribution in [3.8, 4) is 0 Å². The molecule has 0 radical (unpaired) electrons. The van der Waals surface area contributed by atoms with Gasteiger partial charge in [0, 0.05) is 43.9 Å². The van der Waals surface area contributed by atoms with Crippen molar-refractivity contribution in [2.24, 2.45) is 5.92 Å². The van der Waals surface area contributed by atoms with Gasteiger partial charge in [0.05, 0.1) is 0 Å². The number of nitrogens with one attached hydrogen (secondary N) is 1. The van der Waals surface area contributed by atoms with E-state index in [1.165, 1.54) is 11.1 Å². The lowest BCUT2D eigenvalue weighted by Gasteiger charge is -2.22. The molecular formula is C16H27N3O. The maximum atomic E-state index is 9.23. The van der Waals surface area contributed by atoms with Crippen LogP contribution in [0.25, 0.3) is 0 Å². The summed E-state index contributed by atoms with van der Waals surface area (Å²) in [5.74, 6) is 1.47. The van der Waals surface area contributed by atoms with E-state index in [1.807, 2.05) is 6.20 Å². The molecule has 0 aliphatic carbocycles. The molecule has 2 N–H and O–H groups in total. The summed E-state index contributed by atoms with van der Waals surface area (Å²) in [7, 11) is 0. The molecule has 4 nitrogen and oxygen atoms in total. The number of anilines is 1. The van der Waals surface area contributed by atoms with Crippen molar-refractivity contribution < 1.29 is 5.11 Å². The van der Waals surface area contributed by atoms with Gasteiger partial charge in [-0.05, 0) is 51.3 Å². The first kappa shape index (κ1) is 15.3. The van der Waals surface area contributed by atoms with E-state index in [4.69, 9.17) is 0 Å². The van der Waals surface area contributed by atoms with Crippen molar-refractivity contribution in [3.63, 3.8) is 0 Å². The molecule has 1 aromatic heterocycles. The SMILES string of the molecule is Cc1cc(CNC(C)(C)C)cnc1N1CCC(CO)C1. The first-order chi connectivity index (χ1) is 9.39. The Labute approximate surface area is 122 Å². The van der Waals surface area contributed by atoms with Gasteiger partial charge >= 0.3 is 0 Å². The molecule has 1 fully saturated rings. The van der Waals surface area contributed by atoms with Crippen LogP contribution in [0.3, 0.4) is 0 Å². The number of aliphatic hydroxyl groups excluding tert-OH is 1. The lowest BCUT2D eigenvalue weighted by atomic mass is 10.1. The summed E-state index contributed by atoms with van der Waals surface area (Å²) in [5.41, 5.74) is 2.56. The Hall–Kier alpha value is -1.13. The predicted molar refractivity (Wildman–Crippen MR) is 83.0 cm³/mol. The summed E-state index contributed by atoms with van der Waals surface area (Å²) < 4.78 is 0. The van der Waals surface area contributed by atoms with Gasteiger partial charge in [-0.2, -0.15) is 0 Å². The second kappa shape index (κ2) is 6.10. The van der Waals surface area contributed by atoms with Crippen LogP contribution in [0.4, 0.5) is 5.82 Å². The van der Waals surface area contributed by atoms with E-state index in [1.54, 1.807) is 0 Å². The topological polar surface area (TPSA) is 48.4 Å². The van der Waals surface area contributed by atoms with Gasteiger partial charge < -0.3 is 15.3 Å². The first-order valence-corrected chi connectivity index (χ1v) is 7.45. The number of aliphatic hydroxyl groups is 1. The lowest BCUT2D eigenvalue weighted by molar-refractivity contribution is 0.238. The third-order valence-corrected chi connectivity index (χ3v) is 3.77. The Morgan fingerprint density at radius 3 is 2.75 bits per heavy atom. The molecule has 1 unspecified atom stereocenters. The van der Waals surface area contributed by atoms with Gasteiger partial charge in [0.1, 0.15) is 5.82 Å². The van der Waals surface area contributed by atoms with Crippen molar-refractivity contribution in [1.29, 1.82) is 0 Å². The van der Waals surface area contributed by atoms with Crippen LogP contribution in [0.15, 0.2) is 12.3 Å². The number of rotatable bonds is 4. The molecule has 0 spiro atoms. The van der Waals surface area contributed by atoms with Gasteiger partial charge in [-0.1, -0.05) is 0 Å². The van der Waals surface area contributed by atoms with E-state index >= 15 is 0 Å². The zero-order chi connectivity index (χ0) is 14.8. The highest BCUT2D eigenvalue weighted by molar-refractivity contribution is 5.48. The van der Waals surface area contributed by atoms with Crippen molar-refractivity contribution >= 4 is 5.82 Å². The van der Waals surface area contributed by atoms with Gasteiger partial charge in [0.25, 0.3) is 0 Å². The van der Waals surface area contributed by atoms with Gasteiger partial charge in [-0.25, -0.2) is 4.98 Å². The summed E-state index contributed by atoms with van der Waals surface area (Å²) in [4.78, 5) is 6.92. The average Bonchev–Trinajstić information content (AvgIpc) is 2.84. The smallest absolute Gasteiger partial charge is 0.131 e. The van der Waals surface area contributed by atoms with Gasteiger partial charge in [0.15, 0.2) is 0 Å². The van der Waals surface area contributed by atoms with Crippen LogP contribution in [0, 0.1) is 12.8 Å². The monoisotopic (exact) mass is 277 g/mol. The van der Waals surface area contributed by atoms with Crippen LogP contribution in [-0.4, -0.2) is 35.3 Å². The van der Waals surface area contributed by atoms with E-state index < -0.39 is 0 Å². The Bertz CT molecular complexity index is 454. The molecule has 0 aromatic carbocycles. The summed E-state index contributed by atoms with van der Waals surface area (Å²) in [6.45, 7) is 11.7. The Morgan fingerprint density at radius 2 is 2.20 bits per heavy atom. The predicted octanol–water partition coefficient (Wildman–Crippen LogP) is 2.10. The minimum atomic E-state index is 0.121. The average molecular weight is 277 g/mol. The highest BCUT2D eigenvalue weighted by Crippen LogP contribution is 2.25. The Kier molecular flexibility index (Phi) is 4.66. The van der Waals surface area contributed by atoms with Crippen molar-refractivity contribution in [1.82, 2.24) is 10.3 Å². The van der Waals surface area contributed by atoms with Crippen LogP contribution in [0.5, 0.6) is 0 Å². The third kappa shape index (κ3) is 3.93. The molecule has 2 heterocycles. The minimum absolute atomic E-state index is 0.121. The molecule has 1 atom stereocenters. The molecule has 20 heavy (non-hydrogen) atoms. The van der Waals surface area contributed by atoms with E-state index in [9.17, 15) is 5.11 Å². The molecule has 1 saturated heterocycles. The van der Waals surface area contributed by atoms with Crippen LogP contribution in [0.1, 0.15) is 38.3 Å². The Balaban J connectivity index is 2.03. The van der Waals surface area contributed by atoms with Gasteiger partial charge in [-0.15, -0.1) is 0 Å². The van der Waals surface area contributed by atoms with E-state index in [2.05, 4.69) is 49.0 Å². The molecule has 0 saturated carbocycles. The highest BCUT2D eigenvalue weighted by atomic mass is 16.3. The third-order valence-electron chi connectivity index (χ3n) is 3.77. The first-order valence-electron chi connectivity index (χ1n) is 7.45. The molecule has 0 amide bonds. The number of pyridine rings is 1. The fourth-order valence-corrected chi connectivity index (χ4v) is 2.59. The van der Waals surface area contributed by atoms with Crippen molar-refractivity contribution in [2.45, 2.75) is 46.2 Å². The van der Waals surface area contributed by atoms with Crippen molar-refractivity contribution in [3.05, 3.63) is 23.4 Å². The molecular weight excluding hydrogens is 250 g/mol. The fourth-order valence-electron chi connectivity index (χ4n) is 2.59. The molecule has 0 bridgehead atoms. The molecule has 112 valence electrons. The number of hydrogen-bond donors (Lipinski definition) is 2. The number of nitrogens with zero attached hydrogens (tertiary/aromatic N) is 2. The van der Waals surface area contributed by atoms with Gasteiger partial charge in [0.2, 0.25) is 0 Å². The van der Waals surface area contributed by atoms with E-state index in [-0.39, 0.29) is 12.1 Å². The van der Waals surface area contributed by atoms with Crippen LogP contribution in [-0.2, 0) is 6.54 Å². The second-order valence-corrected chi connectivity index (χ2v) is 6.87. The molecule has 4 heteroatoms. The zero-order valence-corrected chi connectivity index (χ0v) is 13.1. The summed E-state index contributed by atoms with van der Waals surface area (Å²) in [6, 6.07) is 2.22. The largest absolute Gasteiger partial charge is 0.396 e. The molecule has 2 rings (SSSR count). The van der Waals surface area contributed by atoms with Crippen LogP contribution >= 0.6 is 0 Å². The maximum Gasteiger partial charge on any atom is 0.131 e. The number of aryl methyl sites for hydroxylation is 1. The van der Waals surface area contributed by atoms with Crippen LogP contribution in [0.2, 0.25) is 0 Å². The standard InChI is InChI=1S/C16H27N3O/c1-12-7-14(9-18-16(2,3)4)8-17-15(12)19-6-5-13(10-19)11-20/h7-8,13,18,20H,5-6,9-11H2,1-4H3. The Morgan fingerprint density at radius 1 is 1.45 bits per heavy atom. The summed E-state index contributed by atoms with van der Waals surface area (Å²) in [5, 5.41) is 12.7. The fraction of sp³-hybridized carbons (Fsp3) is 0.688. The van der Waals surface area contributed by atoms with E-state index in [0.717, 1.165) is 31.9 Å². The molecule has 1 aliphatic heterocycles. The number of aromatic nitrogens is 1. The van der Waals surface area contributed by atoms with Crippen molar-refractivity contribution in [2.75, 3.05) is 24.6 Å².